The molecule has 1 atom stereocenters. The molecule has 1 aromatic rings. The topological polar surface area (TPSA) is 107 Å². The molecular formula is C12H20N4O3. The quantitative estimate of drug-likeness (QED) is 0.631. The molecule has 4 N–H and O–H groups in total. The molecule has 106 valence electrons. The van der Waals surface area contributed by atoms with Crippen molar-refractivity contribution in [1.29, 1.82) is 0 Å². The fourth-order valence-electron chi connectivity index (χ4n) is 1.71. The molecule has 0 saturated carbocycles. The molecule has 7 nitrogen and oxygen atoms in total. The van der Waals surface area contributed by atoms with Crippen molar-refractivity contribution < 1.29 is 14.7 Å². The second kappa shape index (κ2) is 6.77. The number of carbonyl (C=O) groups excluding carboxylic acids is 1. The molecule has 19 heavy (non-hydrogen) atoms. The van der Waals surface area contributed by atoms with E-state index >= 15 is 0 Å². The first-order chi connectivity index (χ1) is 8.95. The highest BCUT2D eigenvalue weighted by atomic mass is 16.4. The lowest BCUT2D eigenvalue weighted by Crippen LogP contribution is -2.43. The molecule has 0 fully saturated rings. The zero-order valence-electron chi connectivity index (χ0n) is 11.4. The highest BCUT2D eigenvalue weighted by Crippen LogP contribution is 2.15. The van der Waals surface area contributed by atoms with E-state index in [4.69, 9.17) is 5.11 Å². The fourth-order valence-corrected chi connectivity index (χ4v) is 1.71. The monoisotopic (exact) mass is 268 g/mol. The van der Waals surface area contributed by atoms with Crippen LogP contribution in [0, 0.1) is 13.8 Å². The van der Waals surface area contributed by atoms with Gasteiger partial charge in [0, 0.05) is 0 Å². The molecule has 1 rings (SSSR count). The Bertz CT molecular complexity index is 436. The molecule has 0 spiro atoms. The number of nitrogens with zero attached hydrogens (tertiary/aromatic N) is 1. The second-order valence-electron chi connectivity index (χ2n) is 4.44. The summed E-state index contributed by atoms with van der Waals surface area (Å²) >= 11 is 0. The molecular weight excluding hydrogens is 248 g/mol. The third kappa shape index (κ3) is 4.27. The van der Waals surface area contributed by atoms with E-state index in [0.717, 1.165) is 18.5 Å². The molecule has 0 aliphatic rings. The van der Waals surface area contributed by atoms with Gasteiger partial charge in [0.05, 0.1) is 17.1 Å². The zero-order valence-corrected chi connectivity index (χ0v) is 11.4. The smallest absolute Gasteiger partial charge is 0.326 e. The Balaban J connectivity index is 2.60. The summed E-state index contributed by atoms with van der Waals surface area (Å²) in [6, 6.07) is -1.40. The van der Waals surface area contributed by atoms with Gasteiger partial charge in [0.2, 0.25) is 0 Å². The maximum absolute atomic E-state index is 11.8. The van der Waals surface area contributed by atoms with Crippen molar-refractivity contribution >= 4 is 17.7 Å². The Kier molecular flexibility index (Phi) is 5.35. The van der Waals surface area contributed by atoms with Crippen LogP contribution in [0.4, 0.5) is 10.5 Å². The number of hydrogen-bond donors (Lipinski definition) is 4. The minimum absolute atomic E-state index is 0.419. The molecule has 0 saturated heterocycles. The summed E-state index contributed by atoms with van der Waals surface area (Å²) in [6.07, 6.45) is 2.05. The largest absolute Gasteiger partial charge is 0.480 e. The standard InChI is InChI=1S/C12H20N4O3/c1-4-5-6-9(11(17)18)13-12(19)14-10-7(2)15-16-8(10)3/h9H,4-6H2,1-3H3,(H,15,16)(H,17,18)(H2,13,14,19). The number of H-pyrrole nitrogens is 1. The summed E-state index contributed by atoms with van der Waals surface area (Å²) in [5.74, 6) is -1.02. The summed E-state index contributed by atoms with van der Waals surface area (Å²) in [4.78, 5) is 22.8. The average Bonchev–Trinajstić information content (AvgIpc) is 2.66. The highest BCUT2D eigenvalue weighted by Gasteiger charge is 2.20. The first-order valence-corrected chi connectivity index (χ1v) is 6.27. The third-order valence-electron chi connectivity index (χ3n) is 2.82. The van der Waals surface area contributed by atoms with E-state index in [2.05, 4.69) is 20.8 Å². The number of carboxylic acid groups (broad SMARTS) is 1. The van der Waals surface area contributed by atoms with Crippen LogP contribution in [0.1, 0.15) is 37.6 Å². The number of hydrogen-bond acceptors (Lipinski definition) is 3. The predicted octanol–water partition coefficient (Wildman–Crippen LogP) is 1.79. The van der Waals surface area contributed by atoms with Gasteiger partial charge in [0.25, 0.3) is 0 Å². The SMILES string of the molecule is CCCCC(NC(=O)Nc1c(C)n[nH]c1C)C(=O)O. The maximum Gasteiger partial charge on any atom is 0.326 e. The lowest BCUT2D eigenvalue weighted by atomic mass is 10.1. The van der Waals surface area contributed by atoms with Crippen LogP contribution < -0.4 is 10.6 Å². The van der Waals surface area contributed by atoms with Crippen molar-refractivity contribution in [3.05, 3.63) is 11.4 Å². The van der Waals surface area contributed by atoms with E-state index in [-0.39, 0.29) is 0 Å². The third-order valence-corrected chi connectivity index (χ3v) is 2.82. The number of rotatable bonds is 6. The van der Waals surface area contributed by atoms with Gasteiger partial charge in [-0.15, -0.1) is 0 Å². The van der Waals surface area contributed by atoms with Gasteiger partial charge in [-0.1, -0.05) is 19.8 Å². The van der Waals surface area contributed by atoms with Gasteiger partial charge in [-0.2, -0.15) is 5.10 Å². The van der Waals surface area contributed by atoms with Gasteiger partial charge >= 0.3 is 12.0 Å². The highest BCUT2D eigenvalue weighted by molar-refractivity contribution is 5.93. The average molecular weight is 268 g/mol. The molecule has 1 aromatic heterocycles. The molecule has 0 radical (unpaired) electrons. The number of anilines is 1. The number of carboxylic acids is 1. The zero-order chi connectivity index (χ0) is 14.4. The van der Waals surface area contributed by atoms with Gasteiger partial charge in [-0.05, 0) is 20.3 Å². The van der Waals surface area contributed by atoms with Crippen molar-refractivity contribution in [2.75, 3.05) is 5.32 Å². The van der Waals surface area contributed by atoms with E-state index in [1.54, 1.807) is 13.8 Å². The summed E-state index contributed by atoms with van der Waals surface area (Å²) in [5, 5.41) is 20.8. The van der Waals surface area contributed by atoms with E-state index in [0.29, 0.717) is 17.8 Å². The van der Waals surface area contributed by atoms with Gasteiger partial charge < -0.3 is 15.7 Å². The number of nitrogens with one attached hydrogen (secondary N) is 3. The van der Waals surface area contributed by atoms with Crippen LogP contribution in [-0.4, -0.2) is 33.3 Å². The van der Waals surface area contributed by atoms with E-state index in [9.17, 15) is 9.59 Å². The lowest BCUT2D eigenvalue weighted by Gasteiger charge is -2.14. The van der Waals surface area contributed by atoms with Crippen molar-refractivity contribution in [1.82, 2.24) is 15.5 Å². The number of urea groups is 1. The number of unbranched alkanes of at least 4 members (excludes halogenated alkanes) is 1. The Morgan fingerprint density at radius 2 is 2.11 bits per heavy atom. The van der Waals surface area contributed by atoms with Gasteiger partial charge in [0.15, 0.2) is 0 Å². The maximum atomic E-state index is 11.8. The molecule has 0 aromatic carbocycles. The lowest BCUT2D eigenvalue weighted by molar-refractivity contribution is -0.139. The molecule has 0 aliphatic heterocycles. The van der Waals surface area contributed by atoms with Crippen molar-refractivity contribution in [3.63, 3.8) is 0 Å². The van der Waals surface area contributed by atoms with Gasteiger partial charge in [-0.3, -0.25) is 5.10 Å². The normalized spacial score (nSPS) is 11.9. The molecule has 1 unspecified atom stereocenters. The number of aromatic nitrogens is 2. The van der Waals surface area contributed by atoms with Crippen LogP contribution in [0.25, 0.3) is 0 Å². The fraction of sp³-hybridized carbons (Fsp3) is 0.583. The van der Waals surface area contributed by atoms with Crippen LogP contribution >= 0.6 is 0 Å². The first kappa shape index (κ1) is 15.0. The van der Waals surface area contributed by atoms with E-state index in [1.165, 1.54) is 0 Å². The Morgan fingerprint density at radius 3 is 2.58 bits per heavy atom. The Labute approximate surface area is 111 Å². The minimum Gasteiger partial charge on any atom is -0.480 e. The number of aliphatic carboxylic acids is 1. The number of carbonyl (C=O) groups is 2. The Morgan fingerprint density at radius 1 is 1.42 bits per heavy atom. The van der Waals surface area contributed by atoms with Crippen molar-refractivity contribution in [2.45, 2.75) is 46.1 Å². The van der Waals surface area contributed by atoms with E-state index in [1.807, 2.05) is 6.92 Å². The molecule has 0 aliphatic carbocycles. The summed E-state index contributed by atoms with van der Waals surface area (Å²) in [6.45, 7) is 5.50. The van der Waals surface area contributed by atoms with Crippen molar-refractivity contribution in [3.8, 4) is 0 Å². The van der Waals surface area contributed by atoms with Crippen LogP contribution in [0.15, 0.2) is 0 Å². The minimum atomic E-state index is -1.02. The van der Waals surface area contributed by atoms with Gasteiger partial charge in [-0.25, -0.2) is 9.59 Å². The number of aromatic amines is 1. The summed E-state index contributed by atoms with van der Waals surface area (Å²) < 4.78 is 0. The van der Waals surface area contributed by atoms with E-state index < -0.39 is 18.0 Å². The molecule has 0 bridgehead atoms. The Hall–Kier alpha value is -2.05. The number of amides is 2. The molecule has 2 amide bonds. The summed E-state index contributed by atoms with van der Waals surface area (Å²) in [7, 11) is 0. The first-order valence-electron chi connectivity index (χ1n) is 6.27. The predicted molar refractivity (Wildman–Crippen MR) is 71.2 cm³/mol. The molecule has 1 heterocycles. The van der Waals surface area contributed by atoms with Crippen LogP contribution in [0.5, 0.6) is 0 Å². The van der Waals surface area contributed by atoms with Gasteiger partial charge in [0.1, 0.15) is 6.04 Å². The summed E-state index contributed by atoms with van der Waals surface area (Å²) in [5.41, 5.74) is 1.97. The number of aryl methyl sites for hydroxylation is 2. The second-order valence-corrected chi connectivity index (χ2v) is 4.44. The van der Waals surface area contributed by atoms with Crippen LogP contribution in [-0.2, 0) is 4.79 Å². The van der Waals surface area contributed by atoms with Crippen LogP contribution in [0.2, 0.25) is 0 Å². The molecule has 7 heteroatoms. The van der Waals surface area contributed by atoms with Crippen LogP contribution in [0.3, 0.4) is 0 Å². The van der Waals surface area contributed by atoms with Crippen molar-refractivity contribution in [2.24, 2.45) is 0 Å².